The molecule has 26 heavy (non-hydrogen) atoms. The van der Waals surface area contributed by atoms with E-state index < -0.39 is 0 Å². The Bertz CT molecular complexity index is 696. The predicted octanol–water partition coefficient (Wildman–Crippen LogP) is 5.86. The fourth-order valence-corrected chi connectivity index (χ4v) is 3.69. The highest BCUT2D eigenvalue weighted by Crippen LogP contribution is 2.30. The number of rotatable bonds is 8. The first-order valence-electron chi connectivity index (χ1n) is 10.3. The molecule has 140 valence electrons. The molecule has 0 N–H and O–H groups in total. The summed E-state index contributed by atoms with van der Waals surface area (Å²) >= 11 is 0. The third kappa shape index (κ3) is 4.84. The number of hydrogen-bond acceptors (Lipinski definition) is 3. The molecule has 2 aromatic rings. The summed E-state index contributed by atoms with van der Waals surface area (Å²) in [6.45, 7) is 7.61. The van der Waals surface area contributed by atoms with Crippen LogP contribution >= 0.6 is 0 Å². The number of nitrogens with zero attached hydrogens (tertiary/aromatic N) is 2. The van der Waals surface area contributed by atoms with Crippen LogP contribution in [0.4, 0.5) is 0 Å². The number of benzene rings is 1. The smallest absolute Gasteiger partial charge is 0.159 e. The topological polar surface area (TPSA) is 35.0 Å². The van der Waals surface area contributed by atoms with Gasteiger partial charge in [0, 0.05) is 17.5 Å². The van der Waals surface area contributed by atoms with E-state index in [1.54, 1.807) is 0 Å². The molecule has 1 aliphatic carbocycles. The molecular formula is C23H32N2O. The van der Waals surface area contributed by atoms with Gasteiger partial charge in [0.05, 0.1) is 6.61 Å². The summed E-state index contributed by atoms with van der Waals surface area (Å²) in [6, 6.07) is 8.18. The van der Waals surface area contributed by atoms with Crippen molar-refractivity contribution in [2.24, 2.45) is 11.8 Å². The lowest BCUT2D eigenvalue weighted by Crippen LogP contribution is -2.18. The Morgan fingerprint density at radius 1 is 1.19 bits per heavy atom. The van der Waals surface area contributed by atoms with E-state index >= 15 is 0 Å². The number of aromatic nitrogens is 2. The fourth-order valence-electron chi connectivity index (χ4n) is 3.69. The van der Waals surface area contributed by atoms with Gasteiger partial charge in [-0.1, -0.05) is 33.6 Å². The number of aryl methyl sites for hydroxylation is 1. The maximum atomic E-state index is 5.74. The summed E-state index contributed by atoms with van der Waals surface area (Å²) in [7, 11) is 0. The molecule has 0 fully saturated rings. The lowest BCUT2D eigenvalue weighted by Gasteiger charge is -2.26. The van der Waals surface area contributed by atoms with Gasteiger partial charge in [-0.25, -0.2) is 9.97 Å². The number of hydrogen-bond donors (Lipinski definition) is 0. The van der Waals surface area contributed by atoms with Crippen molar-refractivity contribution in [3.8, 4) is 17.1 Å². The Morgan fingerprint density at radius 3 is 2.73 bits per heavy atom. The standard InChI is InChI=1S/C23H32N2O/c1-4-6-13-26-21-10-8-19(9-11-21)23-24-16-20-15-18(14-17(3)5-2)7-12-22(20)25-23/h8-11,16-18H,4-7,12-15H2,1-3H3. The number of fused-ring (bicyclic) bond motifs is 1. The van der Waals surface area contributed by atoms with Crippen LogP contribution in [0.3, 0.4) is 0 Å². The van der Waals surface area contributed by atoms with E-state index in [2.05, 4.69) is 44.1 Å². The predicted molar refractivity (Wildman–Crippen MR) is 107 cm³/mol. The molecule has 1 aliphatic rings. The molecule has 0 radical (unpaired) electrons. The Hall–Kier alpha value is -1.90. The van der Waals surface area contributed by atoms with Crippen LogP contribution in [-0.4, -0.2) is 16.6 Å². The van der Waals surface area contributed by atoms with Crippen LogP contribution in [0.5, 0.6) is 5.75 Å². The Kier molecular flexibility index (Phi) is 6.65. The molecule has 0 aliphatic heterocycles. The van der Waals surface area contributed by atoms with Crippen molar-refractivity contribution in [3.63, 3.8) is 0 Å². The molecule has 0 saturated carbocycles. The van der Waals surface area contributed by atoms with E-state index in [-0.39, 0.29) is 0 Å². The highest BCUT2D eigenvalue weighted by molar-refractivity contribution is 5.56. The Morgan fingerprint density at radius 2 is 2.00 bits per heavy atom. The molecule has 0 bridgehead atoms. The molecule has 1 aromatic carbocycles. The van der Waals surface area contributed by atoms with Gasteiger partial charge < -0.3 is 4.74 Å². The van der Waals surface area contributed by atoms with Crippen LogP contribution in [0, 0.1) is 11.8 Å². The first-order valence-corrected chi connectivity index (χ1v) is 10.3. The second-order valence-electron chi connectivity index (χ2n) is 7.75. The van der Waals surface area contributed by atoms with Crippen molar-refractivity contribution in [2.75, 3.05) is 6.61 Å². The normalized spacial score (nSPS) is 17.6. The summed E-state index contributed by atoms with van der Waals surface area (Å²) < 4.78 is 5.74. The van der Waals surface area contributed by atoms with Gasteiger partial charge in [0.15, 0.2) is 5.82 Å². The van der Waals surface area contributed by atoms with Crippen molar-refractivity contribution in [2.45, 2.75) is 65.7 Å². The summed E-state index contributed by atoms with van der Waals surface area (Å²) in [5.74, 6) is 3.38. The SMILES string of the molecule is CCCCOc1ccc(-c2ncc3c(n2)CCC(CC(C)CC)C3)cc1. The minimum atomic E-state index is 0.781. The molecule has 1 aromatic heterocycles. The van der Waals surface area contributed by atoms with Crippen LogP contribution in [-0.2, 0) is 12.8 Å². The zero-order valence-corrected chi connectivity index (χ0v) is 16.5. The minimum absolute atomic E-state index is 0.781. The third-order valence-electron chi connectivity index (χ3n) is 5.56. The Balaban J connectivity index is 1.66. The van der Waals surface area contributed by atoms with E-state index in [4.69, 9.17) is 9.72 Å². The quantitative estimate of drug-likeness (QED) is 0.558. The van der Waals surface area contributed by atoms with Crippen molar-refractivity contribution in [1.29, 1.82) is 0 Å². The van der Waals surface area contributed by atoms with E-state index in [1.165, 1.54) is 30.5 Å². The molecule has 2 atom stereocenters. The van der Waals surface area contributed by atoms with Crippen LogP contribution in [0.1, 0.15) is 64.1 Å². The van der Waals surface area contributed by atoms with E-state index in [0.29, 0.717) is 0 Å². The monoisotopic (exact) mass is 352 g/mol. The zero-order valence-electron chi connectivity index (χ0n) is 16.5. The van der Waals surface area contributed by atoms with Crippen LogP contribution in [0.15, 0.2) is 30.5 Å². The van der Waals surface area contributed by atoms with E-state index in [0.717, 1.165) is 61.3 Å². The Labute approximate surface area is 158 Å². The van der Waals surface area contributed by atoms with Gasteiger partial charge in [0.2, 0.25) is 0 Å². The highest BCUT2D eigenvalue weighted by Gasteiger charge is 2.22. The molecular weight excluding hydrogens is 320 g/mol. The van der Waals surface area contributed by atoms with Gasteiger partial charge in [-0.3, -0.25) is 0 Å². The van der Waals surface area contributed by atoms with Gasteiger partial charge in [-0.15, -0.1) is 0 Å². The van der Waals surface area contributed by atoms with Crippen LogP contribution < -0.4 is 4.74 Å². The number of unbranched alkanes of at least 4 members (excludes halogenated alkanes) is 1. The van der Waals surface area contributed by atoms with E-state index in [9.17, 15) is 0 Å². The van der Waals surface area contributed by atoms with Crippen LogP contribution in [0.25, 0.3) is 11.4 Å². The molecule has 3 nitrogen and oxygen atoms in total. The third-order valence-corrected chi connectivity index (χ3v) is 5.56. The van der Waals surface area contributed by atoms with Gasteiger partial charge >= 0.3 is 0 Å². The first kappa shape index (κ1) is 18.9. The van der Waals surface area contributed by atoms with Crippen molar-refractivity contribution in [3.05, 3.63) is 41.7 Å². The largest absolute Gasteiger partial charge is 0.494 e. The molecule has 2 unspecified atom stereocenters. The lowest BCUT2D eigenvalue weighted by molar-refractivity contribution is 0.309. The lowest BCUT2D eigenvalue weighted by atomic mass is 9.81. The van der Waals surface area contributed by atoms with Crippen molar-refractivity contribution >= 4 is 0 Å². The summed E-state index contributed by atoms with van der Waals surface area (Å²) in [5.41, 5.74) is 3.67. The molecule has 0 saturated heterocycles. The maximum absolute atomic E-state index is 5.74. The summed E-state index contributed by atoms with van der Waals surface area (Å²) in [4.78, 5) is 9.52. The van der Waals surface area contributed by atoms with Crippen molar-refractivity contribution < 1.29 is 4.74 Å². The molecule has 0 spiro atoms. The summed E-state index contributed by atoms with van der Waals surface area (Å²) in [6.07, 6.45) is 10.4. The molecule has 1 heterocycles. The van der Waals surface area contributed by atoms with E-state index in [1.807, 2.05) is 12.1 Å². The second kappa shape index (κ2) is 9.16. The molecule has 0 amide bonds. The molecule has 3 rings (SSSR count). The highest BCUT2D eigenvalue weighted by atomic mass is 16.5. The van der Waals surface area contributed by atoms with Gasteiger partial charge in [0.1, 0.15) is 5.75 Å². The zero-order chi connectivity index (χ0) is 18.4. The van der Waals surface area contributed by atoms with Gasteiger partial charge in [-0.2, -0.15) is 0 Å². The van der Waals surface area contributed by atoms with Gasteiger partial charge in [-0.05, 0) is 73.8 Å². The first-order chi connectivity index (χ1) is 12.7. The summed E-state index contributed by atoms with van der Waals surface area (Å²) in [5, 5.41) is 0. The second-order valence-corrected chi connectivity index (χ2v) is 7.75. The minimum Gasteiger partial charge on any atom is -0.494 e. The maximum Gasteiger partial charge on any atom is 0.159 e. The van der Waals surface area contributed by atoms with Crippen LogP contribution in [0.2, 0.25) is 0 Å². The average Bonchev–Trinajstić information content (AvgIpc) is 2.68. The fraction of sp³-hybridized carbons (Fsp3) is 0.565. The van der Waals surface area contributed by atoms with Gasteiger partial charge in [0.25, 0.3) is 0 Å². The molecule has 3 heteroatoms. The number of ether oxygens (including phenoxy) is 1. The average molecular weight is 353 g/mol. The van der Waals surface area contributed by atoms with Crippen molar-refractivity contribution in [1.82, 2.24) is 9.97 Å².